The molecule has 1 saturated heterocycles. The molecule has 0 N–H and O–H groups in total. The first-order chi connectivity index (χ1) is 12.3. The van der Waals surface area contributed by atoms with Crippen molar-refractivity contribution in [2.45, 2.75) is 39.0 Å². The van der Waals surface area contributed by atoms with Gasteiger partial charge in [0.25, 0.3) is 0 Å². The standard InChI is InChI=1S/C20H30N2O4/c1-20(2,3)16-7-8-17(25-4)15(13-16)14-18(23)21-9-6-10-22(12-11-21)19(24)26-5/h7-8,13H,6,9-12,14H2,1-5H3. The van der Waals surface area contributed by atoms with Crippen LogP contribution >= 0.6 is 0 Å². The summed E-state index contributed by atoms with van der Waals surface area (Å²) in [6, 6.07) is 6.05. The molecule has 0 atom stereocenters. The second-order valence-corrected chi connectivity index (χ2v) is 7.64. The van der Waals surface area contributed by atoms with Gasteiger partial charge in [0.2, 0.25) is 5.91 Å². The summed E-state index contributed by atoms with van der Waals surface area (Å²) < 4.78 is 10.2. The Morgan fingerprint density at radius 2 is 1.69 bits per heavy atom. The maximum atomic E-state index is 12.8. The summed E-state index contributed by atoms with van der Waals surface area (Å²) in [6.07, 6.45) is 0.713. The molecule has 0 spiro atoms. The first-order valence-corrected chi connectivity index (χ1v) is 9.04. The van der Waals surface area contributed by atoms with Gasteiger partial charge in [-0.1, -0.05) is 32.9 Å². The van der Waals surface area contributed by atoms with Crippen LogP contribution < -0.4 is 4.74 Å². The molecule has 2 rings (SSSR count). The zero-order chi connectivity index (χ0) is 19.3. The van der Waals surface area contributed by atoms with Crippen molar-refractivity contribution in [1.82, 2.24) is 9.80 Å². The van der Waals surface area contributed by atoms with Gasteiger partial charge in [-0.05, 0) is 23.5 Å². The van der Waals surface area contributed by atoms with Crippen molar-refractivity contribution >= 4 is 12.0 Å². The molecular formula is C20H30N2O4. The monoisotopic (exact) mass is 362 g/mol. The second kappa shape index (κ2) is 8.43. The van der Waals surface area contributed by atoms with Crippen LogP contribution in [0.25, 0.3) is 0 Å². The fraction of sp³-hybridized carbons (Fsp3) is 0.600. The van der Waals surface area contributed by atoms with Crippen LogP contribution in [0, 0.1) is 0 Å². The summed E-state index contributed by atoms with van der Waals surface area (Å²) >= 11 is 0. The maximum absolute atomic E-state index is 12.8. The Morgan fingerprint density at radius 3 is 2.31 bits per heavy atom. The van der Waals surface area contributed by atoms with Crippen LogP contribution in [0.1, 0.15) is 38.3 Å². The molecule has 144 valence electrons. The molecular weight excluding hydrogens is 332 g/mol. The van der Waals surface area contributed by atoms with Gasteiger partial charge in [0, 0.05) is 31.7 Å². The Labute approximate surface area is 156 Å². The van der Waals surface area contributed by atoms with Crippen LogP contribution in [0.15, 0.2) is 18.2 Å². The van der Waals surface area contributed by atoms with Crippen molar-refractivity contribution in [3.63, 3.8) is 0 Å². The molecule has 1 aliphatic heterocycles. The quantitative estimate of drug-likeness (QED) is 0.830. The molecule has 26 heavy (non-hydrogen) atoms. The van der Waals surface area contributed by atoms with Gasteiger partial charge in [-0.3, -0.25) is 4.79 Å². The van der Waals surface area contributed by atoms with Gasteiger partial charge in [0.15, 0.2) is 0 Å². The minimum absolute atomic E-state index is 0.00763. The van der Waals surface area contributed by atoms with Gasteiger partial charge >= 0.3 is 6.09 Å². The third kappa shape index (κ3) is 4.90. The Balaban J connectivity index is 2.10. The van der Waals surface area contributed by atoms with E-state index in [2.05, 4.69) is 26.8 Å². The van der Waals surface area contributed by atoms with Crippen molar-refractivity contribution in [2.24, 2.45) is 0 Å². The molecule has 0 unspecified atom stereocenters. The molecule has 2 amide bonds. The first-order valence-electron chi connectivity index (χ1n) is 9.04. The van der Waals surface area contributed by atoms with E-state index in [0.29, 0.717) is 32.6 Å². The average Bonchev–Trinajstić information content (AvgIpc) is 2.86. The van der Waals surface area contributed by atoms with E-state index >= 15 is 0 Å². The van der Waals surface area contributed by atoms with Gasteiger partial charge in [-0.25, -0.2) is 4.79 Å². The lowest BCUT2D eigenvalue weighted by atomic mass is 9.85. The molecule has 6 heteroatoms. The summed E-state index contributed by atoms with van der Waals surface area (Å²) in [5.74, 6) is 0.790. The van der Waals surface area contributed by atoms with E-state index in [4.69, 9.17) is 9.47 Å². The lowest BCUT2D eigenvalue weighted by molar-refractivity contribution is -0.130. The Bertz CT molecular complexity index is 652. The van der Waals surface area contributed by atoms with Gasteiger partial charge in [-0.2, -0.15) is 0 Å². The number of hydrogen-bond donors (Lipinski definition) is 0. The molecule has 1 aromatic rings. The minimum atomic E-state index is -0.334. The van der Waals surface area contributed by atoms with E-state index in [9.17, 15) is 9.59 Å². The largest absolute Gasteiger partial charge is 0.496 e. The molecule has 0 bridgehead atoms. The zero-order valence-electron chi connectivity index (χ0n) is 16.5. The number of amides is 2. The highest BCUT2D eigenvalue weighted by atomic mass is 16.5. The first kappa shape index (κ1) is 20.1. The Morgan fingerprint density at radius 1 is 1.04 bits per heavy atom. The summed E-state index contributed by atoms with van der Waals surface area (Å²) in [7, 11) is 3.00. The number of carbonyl (C=O) groups excluding carboxylic acids is 2. The minimum Gasteiger partial charge on any atom is -0.496 e. The Kier molecular flexibility index (Phi) is 6.51. The van der Waals surface area contributed by atoms with Crippen LogP contribution in [-0.4, -0.2) is 62.2 Å². The van der Waals surface area contributed by atoms with E-state index < -0.39 is 0 Å². The fourth-order valence-electron chi connectivity index (χ4n) is 3.14. The topological polar surface area (TPSA) is 59.1 Å². The molecule has 0 aliphatic carbocycles. The molecule has 0 radical (unpaired) electrons. The highest BCUT2D eigenvalue weighted by Crippen LogP contribution is 2.28. The molecule has 1 fully saturated rings. The number of hydrogen-bond acceptors (Lipinski definition) is 4. The third-order valence-electron chi connectivity index (χ3n) is 4.77. The summed E-state index contributed by atoms with van der Waals surface area (Å²) in [4.78, 5) is 28.0. The van der Waals surface area contributed by atoms with Crippen molar-refractivity contribution in [3.05, 3.63) is 29.3 Å². The van der Waals surface area contributed by atoms with Gasteiger partial charge in [0.1, 0.15) is 5.75 Å². The van der Waals surface area contributed by atoms with Gasteiger partial charge < -0.3 is 19.3 Å². The maximum Gasteiger partial charge on any atom is 0.409 e. The number of carbonyl (C=O) groups is 2. The molecule has 6 nitrogen and oxygen atoms in total. The molecule has 1 heterocycles. The van der Waals surface area contributed by atoms with Crippen LogP contribution in [0.4, 0.5) is 4.79 Å². The molecule has 0 saturated carbocycles. The molecule has 1 aliphatic rings. The lowest BCUT2D eigenvalue weighted by Crippen LogP contribution is -2.38. The number of benzene rings is 1. The second-order valence-electron chi connectivity index (χ2n) is 7.64. The molecule has 0 aromatic heterocycles. The van der Waals surface area contributed by atoms with Crippen LogP contribution in [0.2, 0.25) is 0 Å². The highest BCUT2D eigenvalue weighted by Gasteiger charge is 2.24. The van der Waals surface area contributed by atoms with Crippen molar-refractivity contribution < 1.29 is 19.1 Å². The average molecular weight is 362 g/mol. The SMILES string of the molecule is COC(=O)N1CCCN(C(=O)Cc2cc(C(C)(C)C)ccc2OC)CC1. The predicted molar refractivity (Wildman–Crippen MR) is 101 cm³/mol. The smallest absolute Gasteiger partial charge is 0.409 e. The Hall–Kier alpha value is -2.24. The fourth-order valence-corrected chi connectivity index (χ4v) is 3.14. The van der Waals surface area contributed by atoms with E-state index in [-0.39, 0.29) is 17.4 Å². The van der Waals surface area contributed by atoms with Crippen molar-refractivity contribution in [1.29, 1.82) is 0 Å². The van der Waals surface area contributed by atoms with Crippen molar-refractivity contribution in [3.8, 4) is 5.75 Å². The summed E-state index contributed by atoms with van der Waals surface area (Å²) in [5, 5.41) is 0. The van der Waals surface area contributed by atoms with E-state index in [1.165, 1.54) is 12.7 Å². The van der Waals surface area contributed by atoms with E-state index in [0.717, 1.165) is 17.7 Å². The number of rotatable bonds is 3. The van der Waals surface area contributed by atoms with Gasteiger partial charge in [0.05, 0.1) is 20.6 Å². The zero-order valence-corrected chi connectivity index (χ0v) is 16.5. The third-order valence-corrected chi connectivity index (χ3v) is 4.77. The van der Waals surface area contributed by atoms with E-state index in [1.54, 1.807) is 12.0 Å². The number of ether oxygens (including phenoxy) is 2. The summed E-state index contributed by atoms with van der Waals surface area (Å²) in [5.41, 5.74) is 2.08. The number of methoxy groups -OCH3 is 2. The lowest BCUT2D eigenvalue weighted by Gasteiger charge is -2.23. The molecule has 1 aromatic carbocycles. The van der Waals surface area contributed by atoms with Crippen molar-refractivity contribution in [2.75, 3.05) is 40.4 Å². The summed E-state index contributed by atoms with van der Waals surface area (Å²) in [6.45, 7) is 8.73. The number of nitrogens with zero attached hydrogens (tertiary/aromatic N) is 2. The van der Waals surface area contributed by atoms with Crippen LogP contribution in [0.5, 0.6) is 5.75 Å². The highest BCUT2D eigenvalue weighted by molar-refractivity contribution is 5.80. The van der Waals surface area contributed by atoms with Gasteiger partial charge in [-0.15, -0.1) is 0 Å². The normalized spacial score (nSPS) is 15.4. The van der Waals surface area contributed by atoms with E-state index in [1.807, 2.05) is 17.0 Å². The predicted octanol–water partition coefficient (Wildman–Crippen LogP) is 2.84. The van der Waals surface area contributed by atoms with Crippen LogP contribution in [-0.2, 0) is 21.4 Å². The van der Waals surface area contributed by atoms with Crippen LogP contribution in [0.3, 0.4) is 0 Å².